The van der Waals surface area contributed by atoms with Crippen LogP contribution >= 0.6 is 11.3 Å². The molecule has 132 valence electrons. The zero-order chi connectivity index (χ0) is 17.7. The van der Waals surface area contributed by atoms with E-state index < -0.39 is 16.1 Å². The lowest BCUT2D eigenvalue weighted by Gasteiger charge is -2.16. The lowest BCUT2D eigenvalue weighted by atomic mass is 10.4. The van der Waals surface area contributed by atoms with Gasteiger partial charge in [0.2, 0.25) is 0 Å². The van der Waals surface area contributed by atoms with Crippen LogP contribution in [0.15, 0.2) is 26.9 Å². The fraction of sp³-hybridized carbons (Fsp3) is 0.429. The van der Waals surface area contributed by atoms with Gasteiger partial charge in [0, 0.05) is 24.0 Å². The van der Waals surface area contributed by atoms with Crippen molar-refractivity contribution < 1.29 is 17.7 Å². The van der Waals surface area contributed by atoms with E-state index >= 15 is 0 Å². The lowest BCUT2D eigenvalue weighted by Crippen LogP contribution is -2.30. The van der Waals surface area contributed by atoms with E-state index in [-0.39, 0.29) is 10.8 Å². The fourth-order valence-corrected chi connectivity index (χ4v) is 4.94. The Morgan fingerprint density at radius 1 is 1.33 bits per heavy atom. The number of anilines is 1. The molecule has 0 bridgehead atoms. The summed E-state index contributed by atoms with van der Waals surface area (Å²) in [4.78, 5) is 12.5. The first-order valence-electron chi connectivity index (χ1n) is 7.43. The fourth-order valence-electron chi connectivity index (χ4n) is 2.04. The van der Waals surface area contributed by atoms with Gasteiger partial charge in [-0.3, -0.25) is 5.32 Å². The Balaban J connectivity index is 1.95. The minimum atomic E-state index is -3.46. The van der Waals surface area contributed by atoms with Crippen molar-refractivity contribution in [3.63, 3.8) is 0 Å². The third kappa shape index (κ3) is 4.34. The largest absolute Gasteiger partial charge is 0.360 e. The van der Waals surface area contributed by atoms with Crippen LogP contribution in [0.2, 0.25) is 0 Å². The van der Waals surface area contributed by atoms with Gasteiger partial charge in [-0.1, -0.05) is 19.0 Å². The summed E-state index contributed by atoms with van der Waals surface area (Å²) < 4.78 is 31.3. The van der Waals surface area contributed by atoms with Gasteiger partial charge in [0.25, 0.3) is 10.0 Å². The molecular weight excluding hydrogens is 352 g/mol. The van der Waals surface area contributed by atoms with Gasteiger partial charge in [0.15, 0.2) is 5.82 Å². The molecule has 0 aliphatic heterocycles. The third-order valence-electron chi connectivity index (χ3n) is 3.23. The van der Waals surface area contributed by atoms with Crippen molar-refractivity contribution in [2.75, 3.05) is 18.4 Å². The molecule has 0 saturated heterocycles. The summed E-state index contributed by atoms with van der Waals surface area (Å²) in [6, 6.07) is 4.42. The minimum absolute atomic E-state index is 0.223. The summed E-state index contributed by atoms with van der Waals surface area (Å²) in [6.07, 6.45) is 0. The number of sulfonamides is 1. The van der Waals surface area contributed by atoms with Gasteiger partial charge < -0.3 is 9.84 Å². The Morgan fingerprint density at radius 2 is 2.04 bits per heavy atom. The molecule has 0 spiro atoms. The normalized spacial score (nSPS) is 11.7. The second-order valence-corrected chi connectivity index (χ2v) is 8.27. The number of thiophene rings is 1. The Bertz CT molecular complexity index is 793. The average Bonchev–Trinajstić information content (AvgIpc) is 3.15. The van der Waals surface area contributed by atoms with Crippen molar-refractivity contribution in [1.29, 1.82) is 0 Å². The molecule has 0 aliphatic carbocycles. The molecule has 0 aliphatic rings. The number of amides is 2. The molecule has 10 heteroatoms. The monoisotopic (exact) mass is 372 g/mol. The quantitative estimate of drug-likeness (QED) is 0.776. The van der Waals surface area contributed by atoms with Crippen LogP contribution in [-0.2, 0) is 16.6 Å². The van der Waals surface area contributed by atoms with Gasteiger partial charge in [0.05, 0.1) is 6.54 Å². The second-order valence-electron chi connectivity index (χ2n) is 4.94. The highest BCUT2D eigenvalue weighted by Crippen LogP contribution is 2.24. The smallest absolute Gasteiger partial charge is 0.320 e. The molecule has 2 amide bonds. The van der Waals surface area contributed by atoms with Gasteiger partial charge in [-0.05, 0) is 19.1 Å². The number of nitrogens with zero attached hydrogens (tertiary/aromatic N) is 2. The summed E-state index contributed by atoms with van der Waals surface area (Å²) in [5.74, 6) is 0.913. The molecule has 0 fully saturated rings. The van der Waals surface area contributed by atoms with Gasteiger partial charge in [-0.25, -0.2) is 13.2 Å². The van der Waals surface area contributed by atoms with E-state index in [2.05, 4.69) is 15.8 Å². The standard InChI is InChI=1S/C14H20N4O4S2/c1-4-18(5-2)24(20,21)13-7-6-11(23-13)9-15-14(19)16-12-8-10(3)22-17-12/h6-8H,4-5,9H2,1-3H3,(H2,15,16,17,19). The molecule has 0 unspecified atom stereocenters. The maximum absolute atomic E-state index is 12.4. The molecule has 24 heavy (non-hydrogen) atoms. The molecule has 2 heterocycles. The van der Waals surface area contributed by atoms with Crippen LogP contribution in [-0.4, -0.2) is 37.0 Å². The molecule has 0 radical (unpaired) electrons. The Labute approximate surface area is 144 Å². The van der Waals surface area contributed by atoms with Crippen LogP contribution in [0.5, 0.6) is 0 Å². The van der Waals surface area contributed by atoms with E-state index in [1.165, 1.54) is 4.31 Å². The van der Waals surface area contributed by atoms with E-state index in [1.54, 1.807) is 39.0 Å². The van der Waals surface area contributed by atoms with E-state index in [9.17, 15) is 13.2 Å². The SMILES string of the molecule is CCN(CC)S(=O)(=O)c1ccc(CNC(=O)Nc2cc(C)on2)s1. The summed E-state index contributed by atoms with van der Waals surface area (Å²) in [7, 11) is -3.46. The van der Waals surface area contributed by atoms with Crippen LogP contribution in [0.3, 0.4) is 0 Å². The Kier molecular flexibility index (Phi) is 5.97. The van der Waals surface area contributed by atoms with Gasteiger partial charge in [-0.15, -0.1) is 11.3 Å². The lowest BCUT2D eigenvalue weighted by molar-refractivity contribution is 0.251. The van der Waals surface area contributed by atoms with E-state index in [0.29, 0.717) is 24.7 Å². The number of carbonyl (C=O) groups is 1. The van der Waals surface area contributed by atoms with Crippen LogP contribution < -0.4 is 10.6 Å². The number of hydrogen-bond acceptors (Lipinski definition) is 6. The highest BCUT2D eigenvalue weighted by atomic mass is 32.2. The van der Waals surface area contributed by atoms with Crippen molar-refractivity contribution in [1.82, 2.24) is 14.8 Å². The molecule has 2 aromatic rings. The predicted molar refractivity (Wildman–Crippen MR) is 91.5 cm³/mol. The number of nitrogens with one attached hydrogen (secondary N) is 2. The van der Waals surface area contributed by atoms with Crippen LogP contribution in [0, 0.1) is 6.92 Å². The van der Waals surface area contributed by atoms with Gasteiger partial charge >= 0.3 is 6.03 Å². The van der Waals surface area contributed by atoms with Gasteiger partial charge in [0.1, 0.15) is 9.97 Å². The predicted octanol–water partition coefficient (Wildman–Crippen LogP) is 2.40. The van der Waals surface area contributed by atoms with Gasteiger partial charge in [-0.2, -0.15) is 4.31 Å². The molecule has 2 N–H and O–H groups in total. The number of carbonyl (C=O) groups excluding carboxylic acids is 1. The average molecular weight is 372 g/mol. The van der Waals surface area contributed by atoms with Crippen molar-refractivity contribution in [3.05, 3.63) is 28.8 Å². The molecule has 2 aromatic heterocycles. The summed E-state index contributed by atoms with van der Waals surface area (Å²) in [6.45, 7) is 6.38. The highest BCUT2D eigenvalue weighted by molar-refractivity contribution is 7.91. The van der Waals surface area contributed by atoms with Crippen LogP contribution in [0.1, 0.15) is 24.5 Å². The van der Waals surface area contributed by atoms with Crippen LogP contribution in [0.25, 0.3) is 0 Å². The summed E-state index contributed by atoms with van der Waals surface area (Å²) >= 11 is 1.15. The number of urea groups is 1. The van der Waals surface area contributed by atoms with E-state index in [0.717, 1.165) is 16.2 Å². The van der Waals surface area contributed by atoms with Crippen LogP contribution in [0.4, 0.5) is 10.6 Å². The zero-order valence-electron chi connectivity index (χ0n) is 13.7. The molecule has 0 aromatic carbocycles. The molecule has 2 rings (SSSR count). The first kappa shape index (κ1) is 18.4. The molecule has 8 nitrogen and oxygen atoms in total. The number of hydrogen-bond donors (Lipinski definition) is 2. The van der Waals surface area contributed by atoms with Crippen molar-refractivity contribution >= 4 is 33.2 Å². The Morgan fingerprint density at radius 3 is 2.62 bits per heavy atom. The molecule has 0 atom stereocenters. The number of aryl methyl sites for hydroxylation is 1. The highest BCUT2D eigenvalue weighted by Gasteiger charge is 2.23. The van der Waals surface area contributed by atoms with Crippen molar-refractivity contribution in [2.45, 2.75) is 31.5 Å². The minimum Gasteiger partial charge on any atom is -0.360 e. The van der Waals surface area contributed by atoms with Crippen molar-refractivity contribution in [2.24, 2.45) is 0 Å². The molecular formula is C14H20N4O4S2. The third-order valence-corrected chi connectivity index (χ3v) is 6.83. The maximum atomic E-state index is 12.4. The first-order chi connectivity index (χ1) is 11.4. The first-order valence-corrected chi connectivity index (χ1v) is 9.69. The van der Waals surface area contributed by atoms with E-state index in [4.69, 9.17) is 4.52 Å². The van der Waals surface area contributed by atoms with E-state index in [1.807, 2.05) is 0 Å². The maximum Gasteiger partial charge on any atom is 0.320 e. The topological polar surface area (TPSA) is 105 Å². The Hall–Kier alpha value is -1.91. The second kappa shape index (κ2) is 7.77. The van der Waals surface area contributed by atoms with Crippen molar-refractivity contribution in [3.8, 4) is 0 Å². The zero-order valence-corrected chi connectivity index (χ0v) is 15.3. The molecule has 0 saturated carbocycles. The number of aromatic nitrogens is 1. The summed E-state index contributed by atoms with van der Waals surface area (Å²) in [5, 5.41) is 8.83. The number of rotatable bonds is 7. The summed E-state index contributed by atoms with van der Waals surface area (Å²) in [5.41, 5.74) is 0.